The SMILES string of the molecule is Cn1cnc(CCc2ccccc2Cl)c1C#N. The highest BCUT2D eigenvalue weighted by Gasteiger charge is 2.08. The van der Waals surface area contributed by atoms with Crippen molar-refractivity contribution in [1.82, 2.24) is 9.55 Å². The Morgan fingerprint density at radius 2 is 2.12 bits per heavy atom. The van der Waals surface area contributed by atoms with Crippen LogP contribution in [-0.4, -0.2) is 9.55 Å². The van der Waals surface area contributed by atoms with E-state index in [0.29, 0.717) is 5.69 Å². The first-order valence-electron chi connectivity index (χ1n) is 5.36. The molecule has 4 heteroatoms. The van der Waals surface area contributed by atoms with Crippen LogP contribution < -0.4 is 0 Å². The number of nitriles is 1. The van der Waals surface area contributed by atoms with Crippen molar-refractivity contribution in [1.29, 1.82) is 5.26 Å². The Hall–Kier alpha value is -1.79. The van der Waals surface area contributed by atoms with Crippen molar-refractivity contribution in [3.8, 4) is 6.07 Å². The van der Waals surface area contributed by atoms with Gasteiger partial charge in [0, 0.05) is 12.1 Å². The minimum absolute atomic E-state index is 0.622. The lowest BCUT2D eigenvalue weighted by Crippen LogP contribution is -1.97. The van der Waals surface area contributed by atoms with Crippen LogP contribution in [0.25, 0.3) is 0 Å². The molecule has 0 saturated carbocycles. The molecule has 0 fully saturated rings. The van der Waals surface area contributed by atoms with Crippen molar-refractivity contribution in [2.24, 2.45) is 7.05 Å². The van der Waals surface area contributed by atoms with Crippen molar-refractivity contribution in [2.45, 2.75) is 12.8 Å². The first-order valence-corrected chi connectivity index (χ1v) is 5.74. The number of nitrogens with zero attached hydrogens (tertiary/aromatic N) is 3. The van der Waals surface area contributed by atoms with E-state index in [1.807, 2.05) is 31.3 Å². The molecular formula is C13H12ClN3. The predicted molar refractivity (Wildman–Crippen MR) is 66.8 cm³/mol. The fourth-order valence-corrected chi connectivity index (χ4v) is 1.99. The number of imidazole rings is 1. The molecule has 0 amide bonds. The number of hydrogen-bond donors (Lipinski definition) is 0. The highest BCUT2D eigenvalue weighted by atomic mass is 35.5. The topological polar surface area (TPSA) is 41.6 Å². The van der Waals surface area contributed by atoms with E-state index in [1.54, 1.807) is 10.9 Å². The number of halogens is 1. The average Bonchev–Trinajstić information content (AvgIpc) is 2.69. The Balaban J connectivity index is 2.13. The Labute approximate surface area is 105 Å². The molecule has 86 valence electrons. The van der Waals surface area contributed by atoms with Gasteiger partial charge in [0.1, 0.15) is 11.8 Å². The zero-order chi connectivity index (χ0) is 12.3. The summed E-state index contributed by atoms with van der Waals surface area (Å²) < 4.78 is 1.74. The highest BCUT2D eigenvalue weighted by molar-refractivity contribution is 6.31. The lowest BCUT2D eigenvalue weighted by Gasteiger charge is -2.02. The number of aryl methyl sites for hydroxylation is 3. The third-order valence-electron chi connectivity index (χ3n) is 2.71. The molecule has 3 nitrogen and oxygen atoms in total. The van der Waals surface area contributed by atoms with Gasteiger partial charge in [-0.2, -0.15) is 5.26 Å². The van der Waals surface area contributed by atoms with E-state index in [9.17, 15) is 0 Å². The second kappa shape index (κ2) is 5.03. The van der Waals surface area contributed by atoms with Crippen LogP contribution >= 0.6 is 11.6 Å². The number of benzene rings is 1. The molecule has 0 aliphatic carbocycles. The highest BCUT2D eigenvalue weighted by Crippen LogP contribution is 2.17. The van der Waals surface area contributed by atoms with Gasteiger partial charge in [-0.15, -0.1) is 0 Å². The van der Waals surface area contributed by atoms with Gasteiger partial charge in [-0.3, -0.25) is 0 Å². The lowest BCUT2D eigenvalue weighted by molar-refractivity contribution is 0.884. The van der Waals surface area contributed by atoms with Crippen molar-refractivity contribution in [2.75, 3.05) is 0 Å². The van der Waals surface area contributed by atoms with Crippen LogP contribution in [0, 0.1) is 11.3 Å². The maximum atomic E-state index is 9.00. The van der Waals surface area contributed by atoms with Crippen LogP contribution in [0.4, 0.5) is 0 Å². The summed E-state index contributed by atoms with van der Waals surface area (Å²) in [5.41, 5.74) is 2.54. The molecule has 2 rings (SSSR count). The van der Waals surface area contributed by atoms with E-state index < -0.39 is 0 Å². The van der Waals surface area contributed by atoms with E-state index >= 15 is 0 Å². The Morgan fingerprint density at radius 1 is 1.35 bits per heavy atom. The molecule has 0 atom stereocenters. The first kappa shape index (κ1) is 11.7. The fourth-order valence-electron chi connectivity index (χ4n) is 1.76. The average molecular weight is 246 g/mol. The van der Waals surface area contributed by atoms with Gasteiger partial charge in [0.25, 0.3) is 0 Å². The summed E-state index contributed by atoms with van der Waals surface area (Å²) in [6.07, 6.45) is 3.19. The number of hydrogen-bond acceptors (Lipinski definition) is 2. The van der Waals surface area contributed by atoms with E-state index in [-0.39, 0.29) is 0 Å². The molecule has 0 saturated heterocycles. The summed E-state index contributed by atoms with van der Waals surface area (Å²) in [5, 5.41) is 9.77. The molecule has 17 heavy (non-hydrogen) atoms. The van der Waals surface area contributed by atoms with E-state index in [4.69, 9.17) is 16.9 Å². The molecule has 2 aromatic rings. The minimum Gasteiger partial charge on any atom is -0.325 e. The molecule has 0 N–H and O–H groups in total. The van der Waals surface area contributed by atoms with Crippen molar-refractivity contribution < 1.29 is 0 Å². The van der Waals surface area contributed by atoms with E-state index in [0.717, 1.165) is 29.1 Å². The quantitative estimate of drug-likeness (QED) is 0.834. The van der Waals surface area contributed by atoms with Gasteiger partial charge in [0.15, 0.2) is 0 Å². The Morgan fingerprint density at radius 3 is 2.82 bits per heavy atom. The second-order valence-electron chi connectivity index (χ2n) is 3.85. The van der Waals surface area contributed by atoms with Crippen molar-refractivity contribution in [3.63, 3.8) is 0 Å². The monoisotopic (exact) mass is 245 g/mol. The molecule has 0 radical (unpaired) electrons. The van der Waals surface area contributed by atoms with Gasteiger partial charge in [0.05, 0.1) is 12.0 Å². The standard InChI is InChI=1S/C13H12ClN3/c1-17-9-16-12(13(17)8-15)7-6-10-4-2-3-5-11(10)14/h2-5,9H,6-7H2,1H3. The van der Waals surface area contributed by atoms with Crippen LogP contribution in [0.1, 0.15) is 17.0 Å². The summed E-state index contributed by atoms with van der Waals surface area (Å²) in [6, 6.07) is 9.91. The third-order valence-corrected chi connectivity index (χ3v) is 3.08. The molecule has 1 aromatic carbocycles. The predicted octanol–water partition coefficient (Wildman–Crippen LogP) is 2.73. The van der Waals surface area contributed by atoms with Crippen molar-refractivity contribution in [3.05, 3.63) is 52.6 Å². The molecule has 0 aliphatic rings. The fraction of sp³-hybridized carbons (Fsp3) is 0.231. The molecule has 0 unspecified atom stereocenters. The molecule has 1 aromatic heterocycles. The van der Waals surface area contributed by atoms with Gasteiger partial charge in [-0.1, -0.05) is 29.8 Å². The summed E-state index contributed by atoms with van der Waals surface area (Å²) in [7, 11) is 1.82. The molecule has 1 heterocycles. The third kappa shape index (κ3) is 2.48. The van der Waals surface area contributed by atoms with Crippen molar-refractivity contribution >= 4 is 11.6 Å². The second-order valence-corrected chi connectivity index (χ2v) is 4.26. The smallest absolute Gasteiger partial charge is 0.142 e. The summed E-state index contributed by atoms with van der Waals surface area (Å²) in [5.74, 6) is 0. The lowest BCUT2D eigenvalue weighted by atomic mass is 10.1. The molecule has 0 aliphatic heterocycles. The largest absolute Gasteiger partial charge is 0.325 e. The van der Waals surface area contributed by atoms with Crippen LogP contribution in [0.5, 0.6) is 0 Å². The molecule has 0 bridgehead atoms. The maximum Gasteiger partial charge on any atom is 0.142 e. The molecule has 0 spiro atoms. The van der Waals surface area contributed by atoms with E-state index in [2.05, 4.69) is 11.1 Å². The summed E-state index contributed by atoms with van der Waals surface area (Å²) in [6.45, 7) is 0. The minimum atomic E-state index is 0.622. The first-order chi connectivity index (χ1) is 8.22. The molecular weight excluding hydrogens is 234 g/mol. The van der Waals surface area contributed by atoms with Crippen LogP contribution in [0.3, 0.4) is 0 Å². The normalized spacial score (nSPS) is 10.2. The zero-order valence-electron chi connectivity index (χ0n) is 9.52. The van der Waals surface area contributed by atoms with Crippen LogP contribution in [-0.2, 0) is 19.9 Å². The summed E-state index contributed by atoms with van der Waals surface area (Å²) in [4.78, 5) is 4.23. The number of aromatic nitrogens is 2. The Kier molecular flexibility index (Phi) is 3.46. The zero-order valence-corrected chi connectivity index (χ0v) is 10.3. The van der Waals surface area contributed by atoms with Gasteiger partial charge in [-0.05, 0) is 24.5 Å². The van der Waals surface area contributed by atoms with E-state index in [1.165, 1.54) is 0 Å². The van der Waals surface area contributed by atoms with Gasteiger partial charge >= 0.3 is 0 Å². The van der Waals surface area contributed by atoms with Gasteiger partial charge < -0.3 is 4.57 Å². The van der Waals surface area contributed by atoms with Crippen LogP contribution in [0.2, 0.25) is 5.02 Å². The van der Waals surface area contributed by atoms with Gasteiger partial charge in [-0.25, -0.2) is 4.98 Å². The Bertz CT molecular complexity index is 566. The van der Waals surface area contributed by atoms with Crippen LogP contribution in [0.15, 0.2) is 30.6 Å². The summed E-state index contributed by atoms with van der Waals surface area (Å²) >= 11 is 6.08. The maximum absolute atomic E-state index is 9.00. The van der Waals surface area contributed by atoms with Gasteiger partial charge in [0.2, 0.25) is 0 Å². The number of rotatable bonds is 3.